The average Bonchev–Trinajstić information content (AvgIpc) is 2.09. The molecule has 0 heterocycles. The van der Waals surface area contributed by atoms with Crippen LogP contribution in [-0.4, -0.2) is 22.4 Å². The van der Waals surface area contributed by atoms with Gasteiger partial charge in [0.2, 0.25) is 0 Å². The Labute approximate surface area is 79.6 Å². The van der Waals surface area contributed by atoms with E-state index >= 15 is 0 Å². The summed E-state index contributed by atoms with van der Waals surface area (Å²) in [5, 5.41) is 19.3. The molecule has 1 aliphatic carbocycles. The van der Waals surface area contributed by atoms with E-state index in [1.807, 2.05) is 19.9 Å². The van der Waals surface area contributed by atoms with Gasteiger partial charge in [-0.1, -0.05) is 38.2 Å². The minimum absolute atomic E-state index is 0.136. The van der Waals surface area contributed by atoms with E-state index < -0.39 is 12.2 Å². The zero-order valence-electron chi connectivity index (χ0n) is 8.27. The predicted molar refractivity (Wildman–Crippen MR) is 53.2 cm³/mol. The number of hydrogen-bond donors (Lipinski definition) is 2. The van der Waals surface area contributed by atoms with E-state index in [9.17, 15) is 10.2 Å². The van der Waals surface area contributed by atoms with E-state index in [2.05, 4.69) is 6.58 Å². The van der Waals surface area contributed by atoms with E-state index in [1.165, 1.54) is 0 Å². The molecule has 1 rings (SSSR count). The summed E-state index contributed by atoms with van der Waals surface area (Å²) in [5.41, 5.74) is 1.10. The molecule has 2 heteroatoms. The molecule has 0 saturated heterocycles. The van der Waals surface area contributed by atoms with Gasteiger partial charge in [0.05, 0.1) is 12.2 Å². The van der Waals surface area contributed by atoms with Crippen molar-refractivity contribution in [2.45, 2.75) is 32.5 Å². The zero-order valence-corrected chi connectivity index (χ0v) is 8.27. The van der Waals surface area contributed by atoms with Crippen LogP contribution in [0.25, 0.3) is 0 Å². The van der Waals surface area contributed by atoms with Crippen molar-refractivity contribution < 1.29 is 10.2 Å². The number of hydrogen-bond acceptors (Lipinski definition) is 2. The zero-order chi connectivity index (χ0) is 10.0. The minimum Gasteiger partial charge on any atom is -0.392 e. The lowest BCUT2D eigenvalue weighted by atomic mass is 9.75. The molecule has 0 amide bonds. The number of aliphatic hydroxyl groups excluding tert-OH is 2. The molecule has 0 aromatic carbocycles. The van der Waals surface area contributed by atoms with Crippen molar-refractivity contribution in [1.29, 1.82) is 0 Å². The fourth-order valence-corrected chi connectivity index (χ4v) is 1.95. The lowest BCUT2D eigenvalue weighted by molar-refractivity contribution is 0.00781. The Morgan fingerprint density at radius 3 is 2.08 bits per heavy atom. The van der Waals surface area contributed by atoms with Crippen LogP contribution in [0, 0.1) is 11.8 Å². The second-order valence-electron chi connectivity index (χ2n) is 3.85. The molecule has 1 fully saturated rings. The summed E-state index contributed by atoms with van der Waals surface area (Å²) in [7, 11) is 0. The summed E-state index contributed by atoms with van der Waals surface area (Å²) in [4.78, 5) is 0. The summed E-state index contributed by atoms with van der Waals surface area (Å²) in [5.74, 6) is 0.271. The average molecular weight is 182 g/mol. The fourth-order valence-electron chi connectivity index (χ4n) is 1.95. The van der Waals surface area contributed by atoms with Gasteiger partial charge in [-0.05, 0) is 0 Å². The molecule has 0 spiro atoms. The first-order chi connectivity index (χ1) is 6.07. The highest BCUT2D eigenvalue weighted by Crippen LogP contribution is 2.34. The van der Waals surface area contributed by atoms with Gasteiger partial charge in [0, 0.05) is 18.3 Å². The highest BCUT2D eigenvalue weighted by Gasteiger charge is 2.33. The number of allylic oxidation sites excluding steroid dienone is 2. The summed E-state index contributed by atoms with van der Waals surface area (Å²) in [6.07, 6.45) is 3.26. The molecule has 0 aromatic rings. The van der Waals surface area contributed by atoms with Crippen molar-refractivity contribution in [3.8, 4) is 0 Å². The van der Waals surface area contributed by atoms with Crippen molar-refractivity contribution in [2.24, 2.45) is 11.8 Å². The van der Waals surface area contributed by atoms with Crippen LogP contribution < -0.4 is 0 Å². The molecular formula is C11H18O2. The Hall–Kier alpha value is -0.600. The SMILES string of the molecule is C=CC=C1[C@@H](C)[C@@H](O)C[C@H](O)[C@H]1C. The van der Waals surface area contributed by atoms with Crippen molar-refractivity contribution in [3.05, 3.63) is 24.3 Å². The third kappa shape index (κ3) is 2.01. The van der Waals surface area contributed by atoms with Gasteiger partial charge in [0.1, 0.15) is 0 Å². The quantitative estimate of drug-likeness (QED) is 0.645. The Morgan fingerprint density at radius 2 is 1.69 bits per heavy atom. The third-order valence-electron chi connectivity index (χ3n) is 3.00. The molecule has 0 unspecified atom stereocenters. The number of rotatable bonds is 1. The second kappa shape index (κ2) is 4.07. The van der Waals surface area contributed by atoms with Gasteiger partial charge < -0.3 is 10.2 Å². The molecular weight excluding hydrogens is 164 g/mol. The smallest absolute Gasteiger partial charge is 0.0627 e. The molecule has 0 bridgehead atoms. The highest BCUT2D eigenvalue weighted by atomic mass is 16.3. The van der Waals surface area contributed by atoms with Crippen LogP contribution in [0.15, 0.2) is 24.3 Å². The summed E-state index contributed by atoms with van der Waals surface area (Å²) in [6.45, 7) is 7.61. The normalized spacial score (nSPS) is 43.5. The summed E-state index contributed by atoms with van der Waals surface area (Å²) >= 11 is 0. The minimum atomic E-state index is -0.419. The lowest BCUT2D eigenvalue weighted by Gasteiger charge is -2.36. The van der Waals surface area contributed by atoms with E-state index in [0.29, 0.717) is 6.42 Å². The Kier molecular flexibility index (Phi) is 3.28. The van der Waals surface area contributed by atoms with Gasteiger partial charge in [-0.15, -0.1) is 0 Å². The van der Waals surface area contributed by atoms with Crippen LogP contribution in [0.4, 0.5) is 0 Å². The van der Waals surface area contributed by atoms with Gasteiger partial charge in [0.15, 0.2) is 0 Å². The monoisotopic (exact) mass is 182 g/mol. The summed E-state index contributed by atoms with van der Waals surface area (Å²) in [6, 6.07) is 0. The van der Waals surface area contributed by atoms with E-state index in [1.54, 1.807) is 6.08 Å². The maximum Gasteiger partial charge on any atom is 0.0627 e. The molecule has 2 N–H and O–H groups in total. The first kappa shape index (κ1) is 10.5. The molecule has 4 atom stereocenters. The summed E-state index contributed by atoms with van der Waals surface area (Å²) < 4.78 is 0. The standard InChI is InChI=1S/C11H18O2/c1-4-5-9-7(2)10(12)6-11(13)8(9)3/h4-5,7-8,10-13H,1,6H2,2-3H3/t7-,8+,10-,11-/m0/s1. The first-order valence-electron chi connectivity index (χ1n) is 4.76. The molecule has 1 aliphatic rings. The van der Waals surface area contributed by atoms with E-state index in [0.717, 1.165) is 5.57 Å². The molecule has 2 nitrogen and oxygen atoms in total. The molecule has 0 aromatic heterocycles. The molecule has 13 heavy (non-hydrogen) atoms. The Bertz CT molecular complexity index is 204. The van der Waals surface area contributed by atoms with Crippen molar-refractivity contribution in [1.82, 2.24) is 0 Å². The van der Waals surface area contributed by atoms with E-state index in [-0.39, 0.29) is 11.8 Å². The highest BCUT2D eigenvalue weighted by molar-refractivity contribution is 5.20. The van der Waals surface area contributed by atoms with Gasteiger partial charge in [0.25, 0.3) is 0 Å². The van der Waals surface area contributed by atoms with Gasteiger partial charge in [-0.2, -0.15) is 0 Å². The van der Waals surface area contributed by atoms with Crippen molar-refractivity contribution in [2.75, 3.05) is 0 Å². The molecule has 0 aliphatic heterocycles. The van der Waals surface area contributed by atoms with Crippen molar-refractivity contribution >= 4 is 0 Å². The largest absolute Gasteiger partial charge is 0.392 e. The Morgan fingerprint density at radius 1 is 1.23 bits per heavy atom. The molecule has 1 saturated carbocycles. The first-order valence-corrected chi connectivity index (χ1v) is 4.76. The van der Waals surface area contributed by atoms with Crippen LogP contribution in [0.3, 0.4) is 0 Å². The van der Waals surface area contributed by atoms with Crippen molar-refractivity contribution in [3.63, 3.8) is 0 Å². The van der Waals surface area contributed by atoms with Crippen LogP contribution in [0.2, 0.25) is 0 Å². The maximum atomic E-state index is 9.63. The topological polar surface area (TPSA) is 40.5 Å². The fraction of sp³-hybridized carbons (Fsp3) is 0.636. The van der Waals surface area contributed by atoms with Crippen LogP contribution in [-0.2, 0) is 0 Å². The van der Waals surface area contributed by atoms with Gasteiger partial charge in [-0.3, -0.25) is 0 Å². The second-order valence-corrected chi connectivity index (χ2v) is 3.85. The Balaban J connectivity index is 2.88. The lowest BCUT2D eigenvalue weighted by Crippen LogP contribution is -2.38. The van der Waals surface area contributed by atoms with Crippen LogP contribution in [0.5, 0.6) is 0 Å². The number of aliphatic hydroxyl groups is 2. The van der Waals surface area contributed by atoms with Crippen LogP contribution >= 0.6 is 0 Å². The maximum absolute atomic E-state index is 9.63. The predicted octanol–water partition coefficient (Wildman–Crippen LogP) is 1.50. The van der Waals surface area contributed by atoms with Crippen LogP contribution in [0.1, 0.15) is 20.3 Å². The van der Waals surface area contributed by atoms with Gasteiger partial charge in [-0.25, -0.2) is 0 Å². The third-order valence-corrected chi connectivity index (χ3v) is 3.00. The van der Waals surface area contributed by atoms with Gasteiger partial charge >= 0.3 is 0 Å². The molecule has 74 valence electrons. The molecule has 0 radical (unpaired) electrons. The van der Waals surface area contributed by atoms with E-state index in [4.69, 9.17) is 0 Å².